The summed E-state index contributed by atoms with van der Waals surface area (Å²) in [5.41, 5.74) is 2.35. The lowest BCUT2D eigenvalue weighted by atomic mass is 10.1. The van der Waals surface area contributed by atoms with Crippen LogP contribution in [0.4, 0.5) is 0 Å². The number of likely N-dealkylation sites (tertiary alicyclic amines) is 1. The van der Waals surface area contributed by atoms with Gasteiger partial charge in [-0.15, -0.1) is 0 Å². The minimum atomic E-state index is 0.658. The lowest BCUT2D eigenvalue weighted by molar-refractivity contribution is -0.924. The van der Waals surface area contributed by atoms with Gasteiger partial charge in [0.2, 0.25) is 4.77 Å². The van der Waals surface area contributed by atoms with Gasteiger partial charge >= 0.3 is 0 Å². The third-order valence-electron chi connectivity index (χ3n) is 4.45. The van der Waals surface area contributed by atoms with Gasteiger partial charge in [-0.1, -0.05) is 36.2 Å². The van der Waals surface area contributed by atoms with Gasteiger partial charge in [-0.2, -0.15) is 4.98 Å². The highest BCUT2D eigenvalue weighted by Crippen LogP contribution is 2.15. The van der Waals surface area contributed by atoms with E-state index in [0.29, 0.717) is 4.77 Å². The van der Waals surface area contributed by atoms with Crippen molar-refractivity contribution >= 4 is 12.2 Å². The zero-order valence-corrected chi connectivity index (χ0v) is 14.1. The summed E-state index contributed by atoms with van der Waals surface area (Å²) >= 11 is 5.43. The Morgan fingerprint density at radius 3 is 2.41 bits per heavy atom. The number of nitrogens with zero attached hydrogens (tertiary/aromatic N) is 2. The number of hydrogen-bond donors (Lipinski definition) is 2. The molecule has 118 valence electrons. The van der Waals surface area contributed by atoms with Crippen LogP contribution in [-0.4, -0.2) is 27.9 Å². The molecule has 0 aliphatic carbocycles. The number of benzene rings is 1. The van der Waals surface area contributed by atoms with E-state index in [-0.39, 0.29) is 0 Å². The van der Waals surface area contributed by atoms with Gasteiger partial charge in [0, 0.05) is 5.56 Å². The minimum Gasteiger partial charge on any atom is -0.316 e. The highest BCUT2D eigenvalue weighted by molar-refractivity contribution is 7.71. The number of hydrogen-bond acceptors (Lipinski definition) is 2. The van der Waals surface area contributed by atoms with Crippen molar-refractivity contribution in [2.45, 2.75) is 45.7 Å². The molecule has 1 saturated heterocycles. The summed E-state index contributed by atoms with van der Waals surface area (Å²) in [5.74, 6) is 0.872. The first-order valence-corrected chi connectivity index (χ1v) is 8.71. The van der Waals surface area contributed by atoms with Gasteiger partial charge in [0.15, 0.2) is 12.5 Å². The lowest BCUT2D eigenvalue weighted by Gasteiger charge is -2.21. The van der Waals surface area contributed by atoms with Crippen LogP contribution < -0.4 is 4.90 Å². The highest BCUT2D eigenvalue weighted by Gasteiger charge is 2.13. The van der Waals surface area contributed by atoms with Crippen LogP contribution in [0.1, 0.15) is 37.7 Å². The van der Waals surface area contributed by atoms with Crippen molar-refractivity contribution in [3.63, 3.8) is 0 Å². The summed E-state index contributed by atoms with van der Waals surface area (Å²) in [4.78, 5) is 6.13. The monoisotopic (exact) mass is 317 g/mol. The maximum absolute atomic E-state index is 5.43. The normalized spacial score (nSPS) is 17.1. The lowest BCUT2D eigenvalue weighted by Crippen LogP contribution is -3.11. The Kier molecular flexibility index (Phi) is 5.05. The van der Waals surface area contributed by atoms with Crippen LogP contribution >= 0.6 is 12.2 Å². The Morgan fingerprint density at radius 1 is 1.09 bits per heavy atom. The van der Waals surface area contributed by atoms with Crippen molar-refractivity contribution in [3.05, 3.63) is 34.6 Å². The molecule has 0 spiro atoms. The maximum atomic E-state index is 5.43. The van der Waals surface area contributed by atoms with Crippen LogP contribution in [0.25, 0.3) is 11.4 Å². The fourth-order valence-electron chi connectivity index (χ4n) is 3.09. The van der Waals surface area contributed by atoms with Crippen LogP contribution in [0, 0.1) is 11.7 Å². The topological polar surface area (TPSA) is 38.0 Å². The Labute approximate surface area is 137 Å². The number of aromatic amines is 1. The SMILES string of the molecule is Cc1ccc(-c2nc(=S)n(C[NH+]3CCCCCCC3)[nH]2)cc1. The highest BCUT2D eigenvalue weighted by atomic mass is 32.1. The Hall–Kier alpha value is -1.46. The maximum Gasteiger partial charge on any atom is 0.221 e. The second kappa shape index (κ2) is 7.20. The first-order valence-electron chi connectivity index (χ1n) is 8.30. The molecule has 1 fully saturated rings. The van der Waals surface area contributed by atoms with Crippen LogP contribution in [0.5, 0.6) is 0 Å². The zero-order chi connectivity index (χ0) is 15.4. The molecule has 0 bridgehead atoms. The molecule has 2 aromatic rings. The molecular formula is C17H25N4S+. The predicted octanol–water partition coefficient (Wildman–Crippen LogP) is 2.72. The van der Waals surface area contributed by atoms with Crippen molar-refractivity contribution < 1.29 is 4.90 Å². The molecule has 0 unspecified atom stereocenters. The standard InChI is InChI=1S/C17H24N4S/c1-14-7-9-15(10-8-14)16-18-17(22)21(19-16)13-20-11-5-3-2-4-6-12-20/h7-10H,2-6,11-13H2,1H3,(H,18,19,22)/p+1. The number of rotatable bonds is 3. The average Bonchev–Trinajstić information content (AvgIpc) is 2.83. The summed E-state index contributed by atoms with van der Waals surface area (Å²) in [6.07, 6.45) is 6.77. The van der Waals surface area contributed by atoms with Crippen LogP contribution in [0.15, 0.2) is 24.3 Å². The summed E-state index contributed by atoms with van der Waals surface area (Å²) in [5, 5.41) is 3.38. The Morgan fingerprint density at radius 2 is 1.73 bits per heavy atom. The molecular weight excluding hydrogens is 292 g/mol. The molecule has 2 N–H and O–H groups in total. The fourth-order valence-corrected chi connectivity index (χ4v) is 3.29. The fraction of sp³-hybridized carbons (Fsp3) is 0.529. The minimum absolute atomic E-state index is 0.658. The van der Waals surface area contributed by atoms with Gasteiger partial charge in [-0.05, 0) is 44.8 Å². The van der Waals surface area contributed by atoms with E-state index >= 15 is 0 Å². The molecule has 2 heterocycles. The van der Waals surface area contributed by atoms with E-state index in [0.717, 1.165) is 18.1 Å². The van der Waals surface area contributed by atoms with Crippen LogP contribution in [0.2, 0.25) is 0 Å². The summed E-state index contributed by atoms with van der Waals surface area (Å²) in [7, 11) is 0. The quantitative estimate of drug-likeness (QED) is 0.854. The molecule has 5 heteroatoms. The zero-order valence-electron chi connectivity index (χ0n) is 13.3. The van der Waals surface area contributed by atoms with E-state index in [1.165, 1.54) is 50.8 Å². The number of aryl methyl sites for hydroxylation is 1. The van der Waals surface area contributed by atoms with Crippen molar-refractivity contribution in [2.75, 3.05) is 13.1 Å². The van der Waals surface area contributed by atoms with E-state index in [2.05, 4.69) is 41.3 Å². The first-order chi connectivity index (χ1) is 10.7. The van der Waals surface area contributed by atoms with Crippen molar-refractivity contribution in [1.82, 2.24) is 14.8 Å². The van der Waals surface area contributed by atoms with E-state index in [9.17, 15) is 0 Å². The third-order valence-corrected chi connectivity index (χ3v) is 4.76. The molecule has 3 rings (SSSR count). The summed E-state index contributed by atoms with van der Waals surface area (Å²) in [6.45, 7) is 5.47. The van der Waals surface area contributed by atoms with Gasteiger partial charge < -0.3 is 4.90 Å². The summed E-state index contributed by atoms with van der Waals surface area (Å²) < 4.78 is 2.69. The van der Waals surface area contributed by atoms with Gasteiger partial charge in [-0.3, -0.25) is 5.10 Å². The molecule has 0 radical (unpaired) electrons. The van der Waals surface area contributed by atoms with E-state index in [4.69, 9.17) is 12.2 Å². The molecule has 0 saturated carbocycles. The average molecular weight is 317 g/mol. The number of quaternary nitrogens is 1. The second-order valence-electron chi connectivity index (χ2n) is 6.32. The van der Waals surface area contributed by atoms with Crippen molar-refractivity contribution in [2.24, 2.45) is 0 Å². The largest absolute Gasteiger partial charge is 0.316 e. The molecule has 4 nitrogen and oxygen atoms in total. The molecule has 1 aromatic carbocycles. The van der Waals surface area contributed by atoms with Gasteiger partial charge in [0.05, 0.1) is 13.1 Å². The van der Waals surface area contributed by atoms with E-state index < -0.39 is 0 Å². The first kappa shape index (κ1) is 15.4. The number of nitrogens with one attached hydrogen (secondary N) is 2. The van der Waals surface area contributed by atoms with Gasteiger partial charge in [0.1, 0.15) is 0 Å². The molecule has 1 aromatic heterocycles. The van der Waals surface area contributed by atoms with Crippen LogP contribution in [0.3, 0.4) is 0 Å². The molecule has 1 aliphatic rings. The Bertz CT molecular complexity index is 648. The molecule has 1 aliphatic heterocycles. The third kappa shape index (κ3) is 3.84. The van der Waals surface area contributed by atoms with Crippen molar-refractivity contribution in [1.29, 1.82) is 0 Å². The molecule has 0 atom stereocenters. The van der Waals surface area contributed by atoms with Gasteiger partial charge in [0.25, 0.3) is 0 Å². The number of aromatic nitrogens is 3. The molecule has 22 heavy (non-hydrogen) atoms. The molecule has 0 amide bonds. The number of H-pyrrole nitrogens is 1. The van der Waals surface area contributed by atoms with Crippen molar-refractivity contribution in [3.8, 4) is 11.4 Å². The van der Waals surface area contributed by atoms with E-state index in [1.807, 2.05) is 4.68 Å². The van der Waals surface area contributed by atoms with Gasteiger partial charge in [-0.25, -0.2) is 4.68 Å². The Balaban J connectivity index is 1.74. The predicted molar refractivity (Wildman–Crippen MR) is 91.4 cm³/mol. The summed E-state index contributed by atoms with van der Waals surface area (Å²) in [6, 6.07) is 8.40. The smallest absolute Gasteiger partial charge is 0.221 e. The second-order valence-corrected chi connectivity index (χ2v) is 6.69. The van der Waals surface area contributed by atoms with E-state index in [1.54, 1.807) is 4.90 Å². The van der Waals surface area contributed by atoms with Crippen LogP contribution in [-0.2, 0) is 6.67 Å².